The molecule has 0 unspecified atom stereocenters. The van der Waals surface area contributed by atoms with E-state index in [9.17, 15) is 0 Å². The number of hydrogen-bond donors (Lipinski definition) is 0. The highest BCUT2D eigenvalue weighted by Gasteiger charge is 1.92. The van der Waals surface area contributed by atoms with Gasteiger partial charge in [0.15, 0.2) is 0 Å². The van der Waals surface area contributed by atoms with Crippen LogP contribution in [0.1, 0.15) is 9.75 Å². The van der Waals surface area contributed by atoms with E-state index in [0.717, 1.165) is 9.75 Å². The first-order valence-electron chi connectivity index (χ1n) is 4.21. The van der Waals surface area contributed by atoms with Gasteiger partial charge in [-0.15, -0.1) is 11.3 Å². The minimum Gasteiger partial charge on any atom is -0.192 e. The van der Waals surface area contributed by atoms with Gasteiger partial charge in [0, 0.05) is 9.75 Å². The van der Waals surface area contributed by atoms with Gasteiger partial charge in [-0.25, -0.2) is 0 Å². The molecule has 2 nitrogen and oxygen atoms in total. The maximum absolute atomic E-state index is 8.48. The van der Waals surface area contributed by atoms with E-state index in [2.05, 4.69) is 6.58 Å². The van der Waals surface area contributed by atoms with Crippen molar-refractivity contribution in [2.45, 2.75) is 0 Å². The molecule has 1 rings (SSSR count). The third-order valence-corrected chi connectivity index (χ3v) is 2.66. The van der Waals surface area contributed by atoms with Gasteiger partial charge in [-0.05, 0) is 24.3 Å². The average Bonchev–Trinajstić information content (AvgIpc) is 2.72. The Balaban J connectivity index is 2.75. The van der Waals surface area contributed by atoms with Crippen LogP contribution in [0.25, 0.3) is 12.2 Å². The summed E-state index contributed by atoms with van der Waals surface area (Å²) in [6.07, 6.45) is 6.83. The zero-order chi connectivity index (χ0) is 11.1. The highest BCUT2D eigenvalue weighted by Crippen LogP contribution is 2.18. The van der Waals surface area contributed by atoms with Crippen molar-refractivity contribution in [2.75, 3.05) is 0 Å². The van der Waals surface area contributed by atoms with Gasteiger partial charge in [0.2, 0.25) is 0 Å². The molecule has 15 heavy (non-hydrogen) atoms. The maximum Gasteiger partial charge on any atom is 0.129 e. The molecule has 0 radical (unpaired) electrons. The number of nitriles is 2. The van der Waals surface area contributed by atoms with Crippen molar-refractivity contribution in [3.05, 3.63) is 46.2 Å². The zero-order valence-corrected chi connectivity index (χ0v) is 8.79. The summed E-state index contributed by atoms with van der Waals surface area (Å²) in [6.45, 7) is 3.67. The first kappa shape index (κ1) is 11.0. The normalized spacial score (nSPS) is 9.20. The van der Waals surface area contributed by atoms with Crippen molar-refractivity contribution >= 4 is 23.5 Å². The van der Waals surface area contributed by atoms with Crippen LogP contribution in [0.4, 0.5) is 0 Å². The second-order valence-corrected chi connectivity index (χ2v) is 3.75. The van der Waals surface area contributed by atoms with E-state index < -0.39 is 0 Å². The van der Waals surface area contributed by atoms with E-state index in [1.54, 1.807) is 35.6 Å². The molecule has 0 bridgehead atoms. The highest BCUT2D eigenvalue weighted by molar-refractivity contribution is 7.13. The van der Waals surface area contributed by atoms with Crippen molar-refractivity contribution < 1.29 is 0 Å². The predicted octanol–water partition coefficient (Wildman–Crippen LogP) is 3.38. The molecule has 0 spiro atoms. The van der Waals surface area contributed by atoms with Gasteiger partial charge < -0.3 is 0 Å². The van der Waals surface area contributed by atoms with Crippen LogP contribution in [0.2, 0.25) is 0 Å². The Hall–Kier alpha value is -2.10. The van der Waals surface area contributed by atoms with Gasteiger partial charge in [-0.1, -0.05) is 18.7 Å². The molecule has 1 heterocycles. The molecule has 1 aromatic rings. The number of allylic oxidation sites excluding steroid dienone is 3. The smallest absolute Gasteiger partial charge is 0.129 e. The van der Waals surface area contributed by atoms with Crippen LogP contribution in [0.3, 0.4) is 0 Å². The summed E-state index contributed by atoms with van der Waals surface area (Å²) in [4.78, 5) is 2.16. The van der Waals surface area contributed by atoms with E-state index in [4.69, 9.17) is 10.5 Å². The summed E-state index contributed by atoms with van der Waals surface area (Å²) >= 11 is 1.60. The second kappa shape index (κ2) is 5.59. The summed E-state index contributed by atoms with van der Waals surface area (Å²) in [7, 11) is 0. The van der Waals surface area contributed by atoms with Crippen molar-refractivity contribution in [3.63, 3.8) is 0 Å². The fraction of sp³-hybridized carbons (Fsp3) is 0. The minimum absolute atomic E-state index is 0.103. The average molecular weight is 212 g/mol. The Labute approximate surface area is 92.7 Å². The Kier molecular flexibility index (Phi) is 4.09. The Morgan fingerprint density at radius 2 is 1.93 bits per heavy atom. The molecule has 0 aromatic carbocycles. The number of thiophene rings is 1. The molecule has 0 fully saturated rings. The van der Waals surface area contributed by atoms with Crippen LogP contribution in [-0.2, 0) is 0 Å². The predicted molar refractivity (Wildman–Crippen MR) is 62.8 cm³/mol. The molecule has 0 N–H and O–H groups in total. The van der Waals surface area contributed by atoms with Gasteiger partial charge >= 0.3 is 0 Å². The fourth-order valence-corrected chi connectivity index (χ4v) is 1.68. The van der Waals surface area contributed by atoms with Crippen LogP contribution >= 0.6 is 11.3 Å². The van der Waals surface area contributed by atoms with Gasteiger partial charge in [0.25, 0.3) is 0 Å². The minimum atomic E-state index is 0.103. The third kappa shape index (κ3) is 3.27. The van der Waals surface area contributed by atoms with E-state index >= 15 is 0 Å². The fourth-order valence-electron chi connectivity index (χ4n) is 0.906. The van der Waals surface area contributed by atoms with Crippen molar-refractivity contribution in [1.29, 1.82) is 10.5 Å². The maximum atomic E-state index is 8.48. The number of hydrogen-bond acceptors (Lipinski definition) is 3. The number of rotatable bonds is 3. The van der Waals surface area contributed by atoms with Crippen LogP contribution in [0.15, 0.2) is 36.4 Å². The summed E-state index contributed by atoms with van der Waals surface area (Å²) < 4.78 is 0. The molecule has 0 saturated heterocycles. The lowest BCUT2D eigenvalue weighted by Gasteiger charge is -1.81. The monoisotopic (exact) mass is 212 g/mol. The molecule has 0 aliphatic carbocycles. The Bertz CT molecular complexity index is 476. The van der Waals surface area contributed by atoms with E-state index in [0.29, 0.717) is 0 Å². The van der Waals surface area contributed by atoms with Crippen molar-refractivity contribution in [3.8, 4) is 12.1 Å². The topological polar surface area (TPSA) is 47.6 Å². The van der Waals surface area contributed by atoms with Crippen LogP contribution < -0.4 is 0 Å². The molecular weight excluding hydrogens is 204 g/mol. The molecule has 1 aromatic heterocycles. The SMILES string of the molecule is C=Cc1ccc(/C=C/C=C(C#N)C#N)s1. The molecule has 0 atom stereocenters. The largest absolute Gasteiger partial charge is 0.192 e. The van der Waals surface area contributed by atoms with Gasteiger partial charge in [0.1, 0.15) is 17.7 Å². The van der Waals surface area contributed by atoms with E-state index in [1.807, 2.05) is 18.2 Å². The molecule has 0 aliphatic rings. The molecule has 3 heteroatoms. The van der Waals surface area contributed by atoms with Crippen LogP contribution in [0.5, 0.6) is 0 Å². The highest BCUT2D eigenvalue weighted by atomic mass is 32.1. The lowest BCUT2D eigenvalue weighted by Crippen LogP contribution is -1.67. The van der Waals surface area contributed by atoms with Crippen LogP contribution in [0, 0.1) is 22.7 Å². The Morgan fingerprint density at radius 1 is 1.27 bits per heavy atom. The molecule has 72 valence electrons. The van der Waals surface area contributed by atoms with Crippen molar-refractivity contribution in [1.82, 2.24) is 0 Å². The molecular formula is C12H8N2S. The molecule has 0 aliphatic heterocycles. The summed E-state index contributed by atoms with van der Waals surface area (Å²) in [5, 5.41) is 17.0. The van der Waals surface area contributed by atoms with E-state index in [-0.39, 0.29) is 5.57 Å². The molecule has 0 saturated carbocycles. The quantitative estimate of drug-likeness (QED) is 0.569. The summed E-state index contributed by atoms with van der Waals surface area (Å²) in [6, 6.07) is 7.51. The zero-order valence-electron chi connectivity index (χ0n) is 7.97. The first-order chi connectivity index (χ1) is 7.30. The van der Waals surface area contributed by atoms with Gasteiger partial charge in [-0.2, -0.15) is 10.5 Å². The van der Waals surface area contributed by atoms with Crippen molar-refractivity contribution in [2.24, 2.45) is 0 Å². The standard InChI is InChI=1S/C12H8N2S/c1-2-11-6-7-12(15-11)5-3-4-10(8-13)9-14/h2-7H,1H2/b5-3+. The lowest BCUT2D eigenvalue weighted by molar-refractivity contribution is 1.46. The third-order valence-electron chi connectivity index (χ3n) is 1.61. The second-order valence-electron chi connectivity index (χ2n) is 2.61. The summed E-state index contributed by atoms with van der Waals surface area (Å²) in [5.41, 5.74) is 0.103. The summed E-state index contributed by atoms with van der Waals surface area (Å²) in [5.74, 6) is 0. The first-order valence-corrected chi connectivity index (χ1v) is 5.02. The van der Waals surface area contributed by atoms with Gasteiger partial charge in [0.05, 0.1) is 0 Å². The molecule has 0 amide bonds. The lowest BCUT2D eigenvalue weighted by atomic mass is 10.3. The van der Waals surface area contributed by atoms with E-state index in [1.165, 1.54) is 6.08 Å². The number of nitrogens with zero attached hydrogens (tertiary/aromatic N) is 2. The van der Waals surface area contributed by atoms with Gasteiger partial charge in [-0.3, -0.25) is 0 Å². The Morgan fingerprint density at radius 3 is 2.47 bits per heavy atom. The van der Waals surface area contributed by atoms with Crippen LogP contribution in [-0.4, -0.2) is 0 Å².